The molecule has 1 aromatic heterocycles. The van der Waals surface area contributed by atoms with Crippen LogP contribution in [-0.2, 0) is 4.79 Å². The Bertz CT molecular complexity index is 606. The van der Waals surface area contributed by atoms with Crippen LogP contribution in [0, 0.1) is 0 Å². The monoisotopic (exact) mass is 301 g/mol. The lowest BCUT2D eigenvalue weighted by molar-refractivity contribution is -0.116. The van der Waals surface area contributed by atoms with E-state index in [0.29, 0.717) is 17.8 Å². The van der Waals surface area contributed by atoms with Gasteiger partial charge in [0.05, 0.1) is 6.26 Å². The van der Waals surface area contributed by atoms with E-state index in [0.717, 1.165) is 13.0 Å². The van der Waals surface area contributed by atoms with Crippen LogP contribution >= 0.6 is 0 Å². The van der Waals surface area contributed by atoms with Gasteiger partial charge in [-0.25, -0.2) is 0 Å². The number of nitrogens with one attached hydrogen (secondary N) is 3. The van der Waals surface area contributed by atoms with Crippen molar-refractivity contribution in [3.8, 4) is 0 Å². The molecular formula is C16H19N3O3. The SMILES string of the molecule is CNCCCC(=O)Nc1ccc(NC(=O)c2ccco2)cc1. The number of carbonyl (C=O) groups is 2. The molecule has 0 aliphatic rings. The summed E-state index contributed by atoms with van der Waals surface area (Å²) >= 11 is 0. The summed E-state index contributed by atoms with van der Waals surface area (Å²) in [5, 5.41) is 8.52. The molecule has 0 unspecified atom stereocenters. The molecule has 0 saturated carbocycles. The molecule has 1 heterocycles. The van der Waals surface area contributed by atoms with Gasteiger partial charge in [-0.1, -0.05) is 0 Å². The normalized spacial score (nSPS) is 10.2. The Morgan fingerprint density at radius 3 is 2.32 bits per heavy atom. The molecule has 3 N–H and O–H groups in total. The van der Waals surface area contributed by atoms with Crippen molar-refractivity contribution in [2.75, 3.05) is 24.2 Å². The first-order chi connectivity index (χ1) is 10.7. The van der Waals surface area contributed by atoms with Gasteiger partial charge in [-0.3, -0.25) is 9.59 Å². The molecule has 2 amide bonds. The van der Waals surface area contributed by atoms with Crippen LogP contribution in [0.2, 0.25) is 0 Å². The van der Waals surface area contributed by atoms with Gasteiger partial charge in [0.1, 0.15) is 0 Å². The zero-order chi connectivity index (χ0) is 15.8. The van der Waals surface area contributed by atoms with E-state index in [1.807, 2.05) is 7.05 Å². The molecule has 22 heavy (non-hydrogen) atoms. The molecule has 6 nitrogen and oxygen atoms in total. The smallest absolute Gasteiger partial charge is 0.291 e. The van der Waals surface area contributed by atoms with Crippen LogP contribution in [0.5, 0.6) is 0 Å². The molecule has 1 aromatic carbocycles. The van der Waals surface area contributed by atoms with Crippen molar-refractivity contribution in [3.05, 3.63) is 48.4 Å². The van der Waals surface area contributed by atoms with Crippen molar-refractivity contribution in [1.29, 1.82) is 0 Å². The third-order valence-electron chi connectivity index (χ3n) is 3.00. The fraction of sp³-hybridized carbons (Fsp3) is 0.250. The first kappa shape index (κ1) is 15.8. The topological polar surface area (TPSA) is 83.4 Å². The summed E-state index contributed by atoms with van der Waals surface area (Å²) in [7, 11) is 1.85. The molecule has 0 atom stereocenters. The molecular weight excluding hydrogens is 282 g/mol. The van der Waals surface area contributed by atoms with E-state index in [1.165, 1.54) is 6.26 Å². The second-order valence-electron chi connectivity index (χ2n) is 4.76. The maximum Gasteiger partial charge on any atom is 0.291 e. The van der Waals surface area contributed by atoms with Crippen molar-refractivity contribution in [2.24, 2.45) is 0 Å². The average Bonchev–Trinajstić information content (AvgIpc) is 3.04. The number of furan rings is 1. The summed E-state index contributed by atoms with van der Waals surface area (Å²) in [6.45, 7) is 0.811. The van der Waals surface area contributed by atoms with E-state index in [-0.39, 0.29) is 17.6 Å². The molecule has 6 heteroatoms. The number of carbonyl (C=O) groups excluding carboxylic acids is 2. The van der Waals surface area contributed by atoms with Crippen molar-refractivity contribution in [1.82, 2.24) is 5.32 Å². The van der Waals surface area contributed by atoms with Crippen LogP contribution in [0.25, 0.3) is 0 Å². The summed E-state index contributed by atoms with van der Waals surface area (Å²) in [5.74, 6) is -0.0848. The minimum Gasteiger partial charge on any atom is -0.459 e. The van der Waals surface area contributed by atoms with Gasteiger partial charge >= 0.3 is 0 Å². The predicted molar refractivity (Wildman–Crippen MR) is 84.9 cm³/mol. The van der Waals surface area contributed by atoms with Gasteiger partial charge in [-0.05, 0) is 56.4 Å². The lowest BCUT2D eigenvalue weighted by Crippen LogP contribution is -2.15. The molecule has 0 saturated heterocycles. The van der Waals surface area contributed by atoms with Crippen molar-refractivity contribution >= 4 is 23.2 Å². The van der Waals surface area contributed by atoms with Gasteiger partial charge in [0.25, 0.3) is 5.91 Å². The van der Waals surface area contributed by atoms with Gasteiger partial charge in [0, 0.05) is 17.8 Å². The zero-order valence-electron chi connectivity index (χ0n) is 12.4. The minimum atomic E-state index is -0.311. The number of hydrogen-bond donors (Lipinski definition) is 3. The van der Waals surface area contributed by atoms with E-state index in [9.17, 15) is 9.59 Å². The number of benzene rings is 1. The van der Waals surface area contributed by atoms with E-state index in [2.05, 4.69) is 16.0 Å². The summed E-state index contributed by atoms with van der Waals surface area (Å²) in [4.78, 5) is 23.5. The Kier molecular flexibility index (Phi) is 5.73. The van der Waals surface area contributed by atoms with Crippen LogP contribution in [0.3, 0.4) is 0 Å². The number of anilines is 2. The van der Waals surface area contributed by atoms with Gasteiger partial charge in [0.2, 0.25) is 5.91 Å². The van der Waals surface area contributed by atoms with E-state index in [1.54, 1.807) is 36.4 Å². The Labute approximate surface area is 128 Å². The highest BCUT2D eigenvalue weighted by Crippen LogP contribution is 2.15. The largest absolute Gasteiger partial charge is 0.459 e. The van der Waals surface area contributed by atoms with Crippen LogP contribution in [0.1, 0.15) is 23.4 Å². The maximum absolute atomic E-state index is 11.8. The third-order valence-corrected chi connectivity index (χ3v) is 3.00. The lowest BCUT2D eigenvalue weighted by atomic mass is 10.2. The summed E-state index contributed by atoms with van der Waals surface area (Å²) in [5.41, 5.74) is 1.33. The van der Waals surface area contributed by atoms with Crippen LogP contribution in [0.4, 0.5) is 11.4 Å². The zero-order valence-corrected chi connectivity index (χ0v) is 12.4. The Morgan fingerprint density at radius 1 is 1.05 bits per heavy atom. The highest BCUT2D eigenvalue weighted by atomic mass is 16.3. The summed E-state index contributed by atoms with van der Waals surface area (Å²) < 4.78 is 5.02. The van der Waals surface area contributed by atoms with Crippen LogP contribution in [-0.4, -0.2) is 25.4 Å². The molecule has 0 aliphatic heterocycles. The van der Waals surface area contributed by atoms with Crippen molar-refractivity contribution in [2.45, 2.75) is 12.8 Å². The fourth-order valence-electron chi connectivity index (χ4n) is 1.89. The molecule has 0 radical (unpaired) electrons. The molecule has 2 aromatic rings. The van der Waals surface area contributed by atoms with E-state index in [4.69, 9.17) is 4.42 Å². The number of amides is 2. The highest BCUT2D eigenvalue weighted by molar-refractivity contribution is 6.02. The van der Waals surface area contributed by atoms with E-state index < -0.39 is 0 Å². The summed E-state index contributed by atoms with van der Waals surface area (Å²) in [6.07, 6.45) is 2.71. The standard InChI is InChI=1S/C16H19N3O3/c1-17-10-2-5-15(20)18-12-6-8-13(9-7-12)19-16(21)14-4-3-11-22-14/h3-4,6-9,11,17H,2,5,10H2,1H3,(H,18,20)(H,19,21). The van der Waals surface area contributed by atoms with Gasteiger partial charge < -0.3 is 20.4 Å². The molecule has 0 spiro atoms. The second kappa shape index (κ2) is 7.99. The lowest BCUT2D eigenvalue weighted by Gasteiger charge is -2.07. The third kappa shape index (κ3) is 4.75. The highest BCUT2D eigenvalue weighted by Gasteiger charge is 2.08. The molecule has 2 rings (SSSR count). The van der Waals surface area contributed by atoms with Gasteiger partial charge in [0.15, 0.2) is 5.76 Å². The quantitative estimate of drug-likeness (QED) is 0.686. The number of rotatable bonds is 7. The Morgan fingerprint density at radius 2 is 1.73 bits per heavy atom. The summed E-state index contributed by atoms with van der Waals surface area (Å²) in [6, 6.07) is 10.2. The van der Waals surface area contributed by atoms with Crippen LogP contribution < -0.4 is 16.0 Å². The Balaban J connectivity index is 1.85. The maximum atomic E-state index is 11.8. The first-order valence-electron chi connectivity index (χ1n) is 7.08. The van der Waals surface area contributed by atoms with Gasteiger partial charge in [-0.15, -0.1) is 0 Å². The van der Waals surface area contributed by atoms with Crippen molar-refractivity contribution in [3.63, 3.8) is 0 Å². The van der Waals surface area contributed by atoms with Crippen LogP contribution in [0.15, 0.2) is 47.1 Å². The Hall–Kier alpha value is -2.60. The first-order valence-corrected chi connectivity index (χ1v) is 7.08. The van der Waals surface area contributed by atoms with Crippen molar-refractivity contribution < 1.29 is 14.0 Å². The molecule has 0 bridgehead atoms. The van der Waals surface area contributed by atoms with Gasteiger partial charge in [-0.2, -0.15) is 0 Å². The number of hydrogen-bond acceptors (Lipinski definition) is 4. The fourth-order valence-corrected chi connectivity index (χ4v) is 1.89. The van der Waals surface area contributed by atoms with E-state index >= 15 is 0 Å². The predicted octanol–water partition coefficient (Wildman–Crippen LogP) is 2.47. The second-order valence-corrected chi connectivity index (χ2v) is 4.76. The average molecular weight is 301 g/mol. The molecule has 0 aliphatic carbocycles. The molecule has 0 fully saturated rings. The molecule has 116 valence electrons. The minimum absolute atomic E-state index is 0.0254.